The summed E-state index contributed by atoms with van der Waals surface area (Å²) in [5.41, 5.74) is 0.880. The molecule has 20 heteroatoms. The van der Waals surface area contributed by atoms with E-state index < -0.39 is 0 Å². The Morgan fingerprint density at radius 3 is 0.482 bits per heavy atom. The second kappa shape index (κ2) is 80.0. The molecular formula is C36H48Co4O16. The van der Waals surface area contributed by atoms with Crippen molar-refractivity contribution in [3.8, 4) is 23.0 Å². The molecule has 4 rings (SSSR count). The van der Waals surface area contributed by atoms with Gasteiger partial charge in [-0.25, -0.2) is 0 Å². The number of hydrogen-bond acceptors (Lipinski definition) is 16. The average molecular weight is 972 g/mol. The molecule has 0 saturated heterocycles. The number of hydrogen-bond donors (Lipinski definition) is 4. The van der Waals surface area contributed by atoms with Crippen molar-refractivity contribution < 1.29 is 148 Å². The van der Waals surface area contributed by atoms with E-state index in [9.17, 15) is 39.6 Å². The third-order valence-electron chi connectivity index (χ3n) is 4.18. The number of aliphatic hydroxyl groups excluding tert-OH is 4. The van der Waals surface area contributed by atoms with Crippen LogP contribution in [0, 0.1) is 0 Å². The minimum atomic E-state index is -0.215. The third-order valence-corrected chi connectivity index (χ3v) is 4.18. The molecule has 0 aliphatic carbocycles. The second-order valence-corrected chi connectivity index (χ2v) is 6.62. The van der Waals surface area contributed by atoms with Crippen LogP contribution < -0.4 is 40.9 Å². The van der Waals surface area contributed by atoms with E-state index in [1.54, 1.807) is 48.5 Å². The molecule has 0 saturated carbocycles. The summed E-state index contributed by atoms with van der Waals surface area (Å²) in [5, 5.41) is 103. The molecule has 4 aromatic carbocycles. The first-order valence-corrected chi connectivity index (χ1v) is 13.6. The van der Waals surface area contributed by atoms with Crippen LogP contribution in [0.2, 0.25) is 0 Å². The number of para-hydroxylation sites is 4. The first-order valence-electron chi connectivity index (χ1n) is 13.6. The monoisotopic (exact) mass is 972 g/mol. The van der Waals surface area contributed by atoms with Gasteiger partial charge < -0.3 is 61.3 Å². The van der Waals surface area contributed by atoms with Crippen LogP contribution in [0.5, 0.6) is 23.0 Å². The fourth-order valence-electron chi connectivity index (χ4n) is 2.31. The van der Waals surface area contributed by atoms with Gasteiger partial charge in [0.05, 0.1) is 0 Å². The van der Waals surface area contributed by atoms with Crippen LogP contribution in [0.15, 0.2) is 97.1 Å². The van der Waals surface area contributed by atoms with Crippen LogP contribution in [0.3, 0.4) is 0 Å². The van der Waals surface area contributed by atoms with Crippen LogP contribution in [-0.2, 0) is 67.1 Å². The molecule has 56 heavy (non-hydrogen) atoms. The Labute approximate surface area is 370 Å². The van der Waals surface area contributed by atoms with E-state index in [1.165, 1.54) is 48.5 Å². The molecule has 0 fully saturated rings. The molecule has 0 aliphatic rings. The quantitative estimate of drug-likeness (QED) is 0.145. The maximum atomic E-state index is 10.6. The van der Waals surface area contributed by atoms with Crippen LogP contribution >= 0.6 is 0 Å². The van der Waals surface area contributed by atoms with Crippen molar-refractivity contribution in [2.24, 2.45) is 0 Å². The van der Waals surface area contributed by atoms with Crippen LogP contribution in [0.25, 0.3) is 0 Å². The summed E-state index contributed by atoms with van der Waals surface area (Å²) in [5.74, 6) is -0.861. The van der Waals surface area contributed by atoms with Crippen LogP contribution in [0.4, 0.5) is 0 Å². The molecule has 0 spiro atoms. The van der Waals surface area contributed by atoms with Crippen molar-refractivity contribution >= 4 is 25.1 Å². The summed E-state index contributed by atoms with van der Waals surface area (Å²) in [7, 11) is 7.00. The topological polar surface area (TPSA) is 334 Å². The zero-order valence-corrected chi connectivity index (χ0v) is 35.7. The van der Waals surface area contributed by atoms with E-state index in [1.807, 2.05) is 0 Å². The van der Waals surface area contributed by atoms with Gasteiger partial charge in [-0.2, -0.15) is 28.4 Å². The smallest absolute Gasteiger partial charge is 0.872 e. The van der Waals surface area contributed by atoms with Gasteiger partial charge in [0.1, 0.15) is 25.1 Å². The van der Waals surface area contributed by atoms with Crippen LogP contribution in [0.1, 0.15) is 41.4 Å². The van der Waals surface area contributed by atoms with Crippen molar-refractivity contribution in [3.63, 3.8) is 0 Å². The van der Waals surface area contributed by atoms with Crippen LogP contribution in [-0.4, -0.2) is 102 Å². The molecular weight excluding hydrogens is 924 g/mol. The summed E-state index contributed by atoms with van der Waals surface area (Å²) in [6, 6.07) is 24.5. The molecule has 0 amide bonds. The zero-order valence-electron chi connectivity index (χ0n) is 31.6. The van der Waals surface area contributed by atoms with Crippen molar-refractivity contribution in [2.45, 2.75) is 0 Å². The van der Waals surface area contributed by atoms with Gasteiger partial charge in [-0.3, -0.25) is 19.2 Å². The van der Waals surface area contributed by atoms with Gasteiger partial charge in [-0.1, -0.05) is 120 Å². The Morgan fingerprint density at radius 1 is 0.304 bits per heavy atom. The van der Waals surface area contributed by atoms with Gasteiger partial charge in [-0.15, -0.1) is 0 Å². The minimum absolute atomic E-state index is 0. The van der Waals surface area contributed by atoms with E-state index in [4.69, 9.17) is 40.9 Å². The zero-order chi connectivity index (χ0) is 42.8. The number of rotatable bonds is 4. The summed E-state index contributed by atoms with van der Waals surface area (Å²) in [6.07, 6.45) is 2.23. The maximum absolute atomic E-state index is 10.6. The van der Waals surface area contributed by atoms with Gasteiger partial charge in [0.25, 0.3) is 0 Å². The average Bonchev–Trinajstić information content (AvgIpc) is 3.25. The molecule has 4 N–H and O–H groups in total. The molecule has 4 aromatic rings. The van der Waals surface area contributed by atoms with Crippen molar-refractivity contribution in [3.05, 3.63) is 119 Å². The fraction of sp³-hybridized carbons (Fsp3) is 0.222. The van der Waals surface area contributed by atoms with Crippen molar-refractivity contribution in [1.29, 1.82) is 0 Å². The Balaban J connectivity index is -0.0000000402. The van der Waals surface area contributed by atoms with Crippen molar-refractivity contribution in [1.82, 2.24) is 0 Å². The standard InChI is InChI=1S/4C7H6O2.4CH4O.4CH3O.4Co/c4*8-5-6-3-1-2-4-7(6)9;8*1-2;;;;/h4*1-5,9H;4*2H,1H3;4*1H3;;;;/q;;;;;;;;4*-1;4*+2/p-4. The number of carbonyl (C=O) groups excluding carboxylic acids is 4. The predicted molar refractivity (Wildman–Crippen MR) is 181 cm³/mol. The minimum Gasteiger partial charge on any atom is -0.872 e. The Bertz CT molecular complexity index is 1110. The summed E-state index contributed by atoms with van der Waals surface area (Å²) in [6.45, 7) is 0. The number of carbonyl (C=O) groups is 4. The van der Waals surface area contributed by atoms with E-state index in [-0.39, 0.29) is 112 Å². The Hall–Kier alpha value is -3.53. The Morgan fingerprint density at radius 2 is 0.411 bits per heavy atom. The van der Waals surface area contributed by atoms with Gasteiger partial charge in [-0.05, 0) is 0 Å². The molecule has 0 heterocycles. The van der Waals surface area contributed by atoms with Gasteiger partial charge in [0, 0.05) is 50.7 Å². The first kappa shape index (κ1) is 84.9. The number of aldehydes is 4. The normalized spacial score (nSPS) is 6.57. The fourth-order valence-corrected chi connectivity index (χ4v) is 2.31. The summed E-state index contributed by atoms with van der Waals surface area (Å²) < 4.78 is 0. The molecule has 0 aliphatic heterocycles. The SMILES string of the molecule is CO.CO.CO.CO.C[O-].C[O-].C[O-].C[O-].O=Cc1ccccc1[O-].O=Cc1ccccc1[O-].O=Cc1ccccc1[O-].O=Cc1ccccc1[O-].[Co+2].[Co+2].[Co+2].[Co+2]. The van der Waals surface area contributed by atoms with E-state index >= 15 is 0 Å². The summed E-state index contributed by atoms with van der Waals surface area (Å²) in [4.78, 5) is 40.1. The van der Waals surface area contributed by atoms with Crippen molar-refractivity contribution in [2.75, 3.05) is 56.9 Å². The van der Waals surface area contributed by atoms with E-state index in [0.717, 1.165) is 56.9 Å². The van der Waals surface area contributed by atoms with Gasteiger partial charge >= 0.3 is 67.1 Å². The molecule has 324 valence electrons. The van der Waals surface area contributed by atoms with E-state index in [2.05, 4.69) is 0 Å². The molecule has 4 radical (unpaired) electrons. The summed E-state index contributed by atoms with van der Waals surface area (Å²) >= 11 is 0. The maximum Gasteiger partial charge on any atom is 2.00 e. The molecule has 0 aromatic heterocycles. The second-order valence-electron chi connectivity index (χ2n) is 6.62. The predicted octanol–water partition coefficient (Wildman–Crippen LogP) is -3.38. The third kappa shape index (κ3) is 52.6. The first-order chi connectivity index (χ1) is 25.4. The van der Waals surface area contributed by atoms with E-state index in [0.29, 0.717) is 25.1 Å². The largest absolute Gasteiger partial charge is 2.00 e. The number of benzene rings is 4. The Kier molecular flexibility index (Phi) is 121. The van der Waals surface area contributed by atoms with Gasteiger partial charge in [0.15, 0.2) is 0 Å². The molecule has 0 atom stereocenters. The van der Waals surface area contributed by atoms with Gasteiger partial charge in [0.2, 0.25) is 0 Å². The molecule has 0 unspecified atom stereocenters. The molecule has 16 nitrogen and oxygen atoms in total. The number of aliphatic hydroxyl groups is 4. The molecule has 0 bridgehead atoms.